The molecule has 0 fully saturated rings. The van der Waals surface area contributed by atoms with E-state index in [9.17, 15) is 9.90 Å². The van der Waals surface area contributed by atoms with Gasteiger partial charge in [-0.25, -0.2) is 9.97 Å². The molecule has 34 heavy (non-hydrogen) atoms. The van der Waals surface area contributed by atoms with Gasteiger partial charge in [0.25, 0.3) is 0 Å². The number of aliphatic hydroxyl groups is 1. The zero-order chi connectivity index (χ0) is 24.5. The molecule has 0 spiro atoms. The van der Waals surface area contributed by atoms with Crippen LogP contribution in [0, 0.1) is 19.3 Å². The third-order valence-corrected chi connectivity index (χ3v) is 5.16. The van der Waals surface area contributed by atoms with Crippen LogP contribution in [-0.2, 0) is 11.2 Å². The molecule has 0 saturated carbocycles. The summed E-state index contributed by atoms with van der Waals surface area (Å²) < 4.78 is 0. The molecule has 1 amide bonds. The first-order valence-corrected chi connectivity index (χ1v) is 11.1. The zero-order valence-electron chi connectivity index (χ0n) is 19.7. The second-order valence-corrected chi connectivity index (χ2v) is 8.11. The number of nitrogens with zero attached hydrogens (tertiary/aromatic N) is 2. The number of carbonyl (C=O) groups excluding carboxylic acids is 1. The van der Waals surface area contributed by atoms with Crippen molar-refractivity contribution in [1.82, 2.24) is 15.3 Å². The number of nitrogens with one attached hydrogen (secondary N) is 3. The summed E-state index contributed by atoms with van der Waals surface area (Å²) in [4.78, 5) is 21.5. The highest BCUT2D eigenvalue weighted by molar-refractivity contribution is 6.09. The molecule has 8 nitrogen and oxygen atoms in total. The Labute approximate surface area is 199 Å². The molecule has 0 bridgehead atoms. The predicted molar refractivity (Wildman–Crippen MR) is 133 cm³/mol. The lowest BCUT2D eigenvalue weighted by atomic mass is 10.1. The quantitative estimate of drug-likeness (QED) is 0.234. The molecule has 0 aliphatic rings. The van der Waals surface area contributed by atoms with Crippen molar-refractivity contribution in [3.8, 4) is 0 Å². The minimum atomic E-state index is -0.430. The summed E-state index contributed by atoms with van der Waals surface area (Å²) in [6.45, 7) is 3.85. The number of aromatic nitrogens is 2. The van der Waals surface area contributed by atoms with Crippen LogP contribution in [-0.4, -0.2) is 46.4 Å². The van der Waals surface area contributed by atoms with Gasteiger partial charge in [-0.05, 0) is 55.2 Å². The van der Waals surface area contributed by atoms with E-state index >= 15 is 0 Å². The number of anilines is 2. The Kier molecular flexibility index (Phi) is 8.61. The highest BCUT2D eigenvalue weighted by Gasteiger charge is 2.19. The van der Waals surface area contributed by atoms with E-state index in [1.54, 1.807) is 24.6 Å². The van der Waals surface area contributed by atoms with Gasteiger partial charge in [0, 0.05) is 18.0 Å². The number of rotatable bonds is 10. The highest BCUT2D eigenvalue weighted by atomic mass is 16.3. The molecule has 176 valence electrons. The summed E-state index contributed by atoms with van der Waals surface area (Å²) in [6, 6.07) is 16.9. The van der Waals surface area contributed by atoms with Gasteiger partial charge in [0.2, 0.25) is 5.95 Å². The number of aryl methyl sites for hydroxylation is 2. The van der Waals surface area contributed by atoms with E-state index < -0.39 is 6.04 Å². The molecule has 6 N–H and O–H groups in total. The van der Waals surface area contributed by atoms with E-state index in [1.807, 2.05) is 56.3 Å². The fraction of sp³-hybridized carbons (Fsp3) is 0.231. The molecule has 0 aliphatic carbocycles. The Balaban J connectivity index is 1.71. The molecule has 1 aromatic heterocycles. The maximum absolute atomic E-state index is 12.8. The van der Waals surface area contributed by atoms with Gasteiger partial charge in [0.05, 0.1) is 31.1 Å². The van der Waals surface area contributed by atoms with E-state index in [0.29, 0.717) is 23.8 Å². The van der Waals surface area contributed by atoms with Gasteiger partial charge in [-0.2, -0.15) is 0 Å². The Morgan fingerprint density at radius 3 is 2.50 bits per heavy atom. The molecule has 1 atom stereocenters. The number of quaternary nitrogens is 1. The van der Waals surface area contributed by atoms with Crippen LogP contribution >= 0.6 is 0 Å². The standard InChI is InChI=1S/C26H30N6O2/c1-17-11-18(2)13-20(12-17)31-26-29-10-9-23(32-26)22(27)15-24(28-3)25(34)30-21(16-33)14-19-7-5-4-6-8-19/h4-13,15,21,27-28,33H,14,16H2,1-3H3,(H,30,34)(H,29,31,32)/p+1/b24-15-,27-22?/t21-/m0/s1. The molecule has 0 radical (unpaired) electrons. The average Bonchev–Trinajstić information content (AvgIpc) is 2.82. The van der Waals surface area contributed by atoms with E-state index in [4.69, 9.17) is 5.41 Å². The molecule has 0 aliphatic heterocycles. The summed E-state index contributed by atoms with van der Waals surface area (Å²) in [7, 11) is 1.73. The zero-order valence-corrected chi connectivity index (χ0v) is 19.7. The smallest absolute Gasteiger partial charge is 0.305 e. The number of allylic oxidation sites excluding steroid dienone is 1. The molecule has 8 heteroatoms. The van der Waals surface area contributed by atoms with Crippen molar-refractivity contribution in [3.63, 3.8) is 0 Å². The number of benzene rings is 2. The Morgan fingerprint density at radius 1 is 1.15 bits per heavy atom. The van der Waals surface area contributed by atoms with Crippen molar-refractivity contribution in [2.45, 2.75) is 26.3 Å². The van der Waals surface area contributed by atoms with Crippen LogP contribution in [0.2, 0.25) is 0 Å². The predicted octanol–water partition coefficient (Wildman–Crippen LogP) is 2.00. The minimum Gasteiger partial charge on any atom is -0.394 e. The maximum atomic E-state index is 12.8. The number of amides is 1. The molecule has 1 heterocycles. The van der Waals surface area contributed by atoms with Crippen molar-refractivity contribution >= 4 is 23.3 Å². The van der Waals surface area contributed by atoms with Gasteiger partial charge in [-0.15, -0.1) is 0 Å². The fourth-order valence-electron chi connectivity index (χ4n) is 3.58. The Morgan fingerprint density at radius 2 is 1.85 bits per heavy atom. The Bertz CT molecular complexity index is 1160. The van der Waals surface area contributed by atoms with Crippen molar-refractivity contribution < 1.29 is 15.2 Å². The summed E-state index contributed by atoms with van der Waals surface area (Å²) >= 11 is 0. The number of aliphatic hydroxyl groups excluding tert-OH is 1. The van der Waals surface area contributed by atoms with Crippen molar-refractivity contribution in [1.29, 1.82) is 5.41 Å². The van der Waals surface area contributed by atoms with Crippen LogP contribution < -0.4 is 16.0 Å². The van der Waals surface area contributed by atoms with Crippen molar-refractivity contribution in [2.24, 2.45) is 0 Å². The minimum absolute atomic E-state index is 0.0812. The van der Waals surface area contributed by atoms with E-state index in [2.05, 4.69) is 26.7 Å². The lowest BCUT2D eigenvalue weighted by Crippen LogP contribution is -2.80. The third-order valence-electron chi connectivity index (χ3n) is 5.16. The summed E-state index contributed by atoms with van der Waals surface area (Å²) in [5.74, 6) is 0.0141. The SMILES string of the molecule is C[NH2+]/C(=C\C(=N)c1ccnc(Nc2cc(C)cc(C)c2)n1)C(=O)N[C@H](CO)Cc1ccccc1. The monoisotopic (exact) mass is 459 g/mol. The summed E-state index contributed by atoms with van der Waals surface area (Å²) in [5, 5.41) is 25.8. The second kappa shape index (κ2) is 11.8. The molecular formula is C26H31N6O2+. The highest BCUT2D eigenvalue weighted by Crippen LogP contribution is 2.17. The van der Waals surface area contributed by atoms with Crippen LogP contribution in [0.1, 0.15) is 22.4 Å². The first-order valence-electron chi connectivity index (χ1n) is 11.1. The third kappa shape index (κ3) is 7.06. The van der Waals surface area contributed by atoms with Gasteiger partial charge < -0.3 is 21.1 Å². The number of carbonyl (C=O) groups is 1. The van der Waals surface area contributed by atoms with Gasteiger partial charge in [-0.3, -0.25) is 10.2 Å². The van der Waals surface area contributed by atoms with Crippen LogP contribution in [0.25, 0.3) is 0 Å². The lowest BCUT2D eigenvalue weighted by molar-refractivity contribution is -0.570. The number of likely N-dealkylation sites (N-methyl/N-ethyl adjacent to an activating group) is 1. The number of hydrogen-bond acceptors (Lipinski definition) is 6. The topological polar surface area (TPSA) is 128 Å². The van der Waals surface area contributed by atoms with Gasteiger partial charge >= 0.3 is 5.91 Å². The Hall–Kier alpha value is -3.88. The average molecular weight is 460 g/mol. The van der Waals surface area contributed by atoms with E-state index in [-0.39, 0.29) is 18.2 Å². The van der Waals surface area contributed by atoms with Crippen molar-refractivity contribution in [3.05, 3.63) is 95.0 Å². The largest absolute Gasteiger partial charge is 0.394 e. The van der Waals surface area contributed by atoms with Crippen LogP contribution in [0.4, 0.5) is 11.6 Å². The van der Waals surface area contributed by atoms with Crippen molar-refractivity contribution in [2.75, 3.05) is 19.0 Å². The van der Waals surface area contributed by atoms with Gasteiger partial charge in [0.15, 0.2) is 5.70 Å². The molecule has 3 aromatic rings. The normalized spacial score (nSPS) is 12.2. The first kappa shape index (κ1) is 24.8. The van der Waals surface area contributed by atoms with Crippen LogP contribution in [0.3, 0.4) is 0 Å². The van der Waals surface area contributed by atoms with Crippen LogP contribution in [0.5, 0.6) is 0 Å². The van der Waals surface area contributed by atoms with Gasteiger partial charge in [-0.1, -0.05) is 36.4 Å². The molecule has 0 unspecified atom stereocenters. The molecule has 2 aromatic carbocycles. The fourth-order valence-corrected chi connectivity index (χ4v) is 3.58. The van der Waals surface area contributed by atoms with Crippen LogP contribution in [0.15, 0.2) is 72.6 Å². The second-order valence-electron chi connectivity index (χ2n) is 8.11. The van der Waals surface area contributed by atoms with E-state index in [1.165, 1.54) is 6.08 Å². The first-order chi connectivity index (χ1) is 16.4. The molecule has 0 saturated heterocycles. The lowest BCUT2D eigenvalue weighted by Gasteiger charge is -2.16. The summed E-state index contributed by atoms with van der Waals surface area (Å²) in [6.07, 6.45) is 3.55. The van der Waals surface area contributed by atoms with Gasteiger partial charge in [0.1, 0.15) is 0 Å². The van der Waals surface area contributed by atoms with E-state index in [0.717, 1.165) is 22.4 Å². The number of nitrogens with two attached hydrogens (primary N) is 1. The summed E-state index contributed by atoms with van der Waals surface area (Å²) in [5.41, 5.74) is 4.92. The molecule has 3 rings (SSSR count). The molecular weight excluding hydrogens is 428 g/mol. The number of hydrogen-bond donors (Lipinski definition) is 5. The maximum Gasteiger partial charge on any atom is 0.305 e.